The van der Waals surface area contributed by atoms with E-state index in [0.717, 1.165) is 25.1 Å². The molecule has 0 aromatic heterocycles. The lowest BCUT2D eigenvalue weighted by Gasteiger charge is -2.10. The SMILES string of the molecule is O=C(Nc1[c]cccc1)C1CCCN1. The third-order valence-corrected chi connectivity index (χ3v) is 2.34. The molecular formula is C11H13N2O. The smallest absolute Gasteiger partial charge is 0.241 e. The Bertz CT molecular complexity index is 304. The van der Waals surface area contributed by atoms with Crippen LogP contribution in [0.25, 0.3) is 0 Å². The molecule has 1 aliphatic heterocycles. The van der Waals surface area contributed by atoms with Gasteiger partial charge in [-0.05, 0) is 25.5 Å². The molecule has 1 aliphatic rings. The summed E-state index contributed by atoms with van der Waals surface area (Å²) in [6.45, 7) is 0.941. The van der Waals surface area contributed by atoms with Gasteiger partial charge in [-0.1, -0.05) is 18.2 Å². The summed E-state index contributed by atoms with van der Waals surface area (Å²) in [6.07, 6.45) is 2.01. The van der Waals surface area contributed by atoms with E-state index in [4.69, 9.17) is 0 Å². The number of rotatable bonds is 2. The first-order valence-electron chi connectivity index (χ1n) is 4.87. The zero-order chi connectivity index (χ0) is 9.80. The predicted molar refractivity (Wildman–Crippen MR) is 54.9 cm³/mol. The van der Waals surface area contributed by atoms with Crippen LogP contribution in [-0.4, -0.2) is 18.5 Å². The van der Waals surface area contributed by atoms with Crippen molar-refractivity contribution in [2.24, 2.45) is 0 Å². The van der Waals surface area contributed by atoms with Gasteiger partial charge in [-0.15, -0.1) is 0 Å². The van der Waals surface area contributed by atoms with Crippen molar-refractivity contribution < 1.29 is 4.79 Å². The Balaban J connectivity index is 1.94. The van der Waals surface area contributed by atoms with Crippen molar-refractivity contribution in [1.82, 2.24) is 5.32 Å². The predicted octanol–water partition coefficient (Wildman–Crippen LogP) is 1.18. The van der Waals surface area contributed by atoms with Gasteiger partial charge in [0.25, 0.3) is 0 Å². The van der Waals surface area contributed by atoms with E-state index in [-0.39, 0.29) is 11.9 Å². The highest BCUT2D eigenvalue weighted by Crippen LogP contribution is 2.09. The summed E-state index contributed by atoms with van der Waals surface area (Å²) in [5.41, 5.74) is 0.742. The maximum absolute atomic E-state index is 11.6. The first-order valence-corrected chi connectivity index (χ1v) is 4.87. The molecule has 1 radical (unpaired) electrons. The van der Waals surface area contributed by atoms with Crippen molar-refractivity contribution in [3.63, 3.8) is 0 Å². The number of nitrogens with one attached hydrogen (secondary N) is 2. The number of hydrogen-bond acceptors (Lipinski definition) is 2. The Morgan fingerprint density at radius 1 is 1.57 bits per heavy atom. The normalized spacial score (nSPS) is 20.7. The summed E-state index contributed by atoms with van der Waals surface area (Å²) < 4.78 is 0. The lowest BCUT2D eigenvalue weighted by molar-refractivity contribution is -0.117. The highest BCUT2D eigenvalue weighted by molar-refractivity contribution is 5.94. The molecule has 0 spiro atoms. The molecule has 3 heteroatoms. The molecule has 3 nitrogen and oxygen atoms in total. The summed E-state index contributed by atoms with van der Waals surface area (Å²) >= 11 is 0. The minimum absolute atomic E-state index is 0.0244. The van der Waals surface area contributed by atoms with Gasteiger partial charge in [0.1, 0.15) is 0 Å². The zero-order valence-corrected chi connectivity index (χ0v) is 7.92. The first kappa shape index (κ1) is 9.21. The molecule has 2 N–H and O–H groups in total. The highest BCUT2D eigenvalue weighted by Gasteiger charge is 2.21. The summed E-state index contributed by atoms with van der Waals surface area (Å²) in [5, 5.41) is 5.98. The van der Waals surface area contributed by atoms with Gasteiger partial charge in [-0.25, -0.2) is 0 Å². The maximum Gasteiger partial charge on any atom is 0.241 e. The fourth-order valence-electron chi connectivity index (χ4n) is 1.60. The van der Waals surface area contributed by atoms with E-state index < -0.39 is 0 Å². The van der Waals surface area contributed by atoms with Crippen molar-refractivity contribution in [2.45, 2.75) is 18.9 Å². The quantitative estimate of drug-likeness (QED) is 0.733. The molecule has 1 heterocycles. The maximum atomic E-state index is 11.6. The van der Waals surface area contributed by atoms with Crippen LogP contribution in [0.3, 0.4) is 0 Å². The van der Waals surface area contributed by atoms with Crippen molar-refractivity contribution in [2.75, 3.05) is 11.9 Å². The highest BCUT2D eigenvalue weighted by atomic mass is 16.2. The van der Waals surface area contributed by atoms with Gasteiger partial charge in [-0.3, -0.25) is 4.79 Å². The second-order valence-electron chi connectivity index (χ2n) is 3.41. The van der Waals surface area contributed by atoms with E-state index in [9.17, 15) is 4.79 Å². The molecule has 1 amide bonds. The fraction of sp³-hybridized carbons (Fsp3) is 0.364. The molecule has 1 fully saturated rings. The number of para-hydroxylation sites is 1. The zero-order valence-electron chi connectivity index (χ0n) is 7.92. The van der Waals surface area contributed by atoms with E-state index in [1.54, 1.807) is 6.07 Å². The van der Waals surface area contributed by atoms with Gasteiger partial charge in [0.05, 0.1) is 6.04 Å². The van der Waals surface area contributed by atoms with E-state index in [2.05, 4.69) is 16.7 Å². The van der Waals surface area contributed by atoms with Crippen LogP contribution in [0.4, 0.5) is 5.69 Å². The minimum atomic E-state index is -0.0244. The molecule has 1 atom stereocenters. The molecule has 73 valence electrons. The third-order valence-electron chi connectivity index (χ3n) is 2.34. The number of amides is 1. The van der Waals surface area contributed by atoms with Crippen LogP contribution in [-0.2, 0) is 4.79 Å². The largest absolute Gasteiger partial charge is 0.324 e. The number of hydrogen-bond donors (Lipinski definition) is 2. The van der Waals surface area contributed by atoms with Gasteiger partial charge < -0.3 is 10.6 Å². The Kier molecular flexibility index (Phi) is 2.79. The van der Waals surface area contributed by atoms with E-state index in [1.165, 1.54) is 0 Å². The van der Waals surface area contributed by atoms with Gasteiger partial charge in [0, 0.05) is 11.8 Å². The van der Waals surface area contributed by atoms with Crippen LogP contribution in [0.1, 0.15) is 12.8 Å². The Morgan fingerprint density at radius 3 is 3.14 bits per heavy atom. The Labute approximate surface area is 83.5 Å². The average molecular weight is 189 g/mol. The van der Waals surface area contributed by atoms with Crippen LogP contribution in [0, 0.1) is 6.07 Å². The second kappa shape index (κ2) is 4.24. The van der Waals surface area contributed by atoms with Gasteiger partial charge >= 0.3 is 0 Å². The van der Waals surface area contributed by atoms with Crippen LogP contribution in [0.15, 0.2) is 24.3 Å². The molecule has 14 heavy (non-hydrogen) atoms. The monoisotopic (exact) mass is 189 g/mol. The summed E-state index contributed by atoms with van der Waals surface area (Å²) in [7, 11) is 0. The molecule has 0 saturated carbocycles. The average Bonchev–Trinajstić information content (AvgIpc) is 2.72. The Hall–Kier alpha value is -1.35. The Morgan fingerprint density at radius 2 is 2.50 bits per heavy atom. The standard InChI is InChI=1S/C11H13N2O/c14-11(10-7-4-8-12-10)13-9-5-2-1-3-6-9/h1-3,5,10,12H,4,7-8H2,(H,13,14). The molecule has 1 saturated heterocycles. The molecule has 0 bridgehead atoms. The van der Waals surface area contributed by atoms with Gasteiger partial charge in [0.15, 0.2) is 0 Å². The van der Waals surface area contributed by atoms with Gasteiger partial charge in [-0.2, -0.15) is 0 Å². The topological polar surface area (TPSA) is 41.1 Å². The molecule has 1 unspecified atom stereocenters. The second-order valence-corrected chi connectivity index (χ2v) is 3.41. The summed E-state index contributed by atoms with van der Waals surface area (Å²) in [6, 6.07) is 10.3. The lowest BCUT2D eigenvalue weighted by Crippen LogP contribution is -2.35. The molecule has 1 aromatic rings. The van der Waals surface area contributed by atoms with Crippen LogP contribution in [0.5, 0.6) is 0 Å². The van der Waals surface area contributed by atoms with Crippen LogP contribution >= 0.6 is 0 Å². The number of carbonyl (C=O) groups is 1. The molecule has 0 aliphatic carbocycles. The number of benzene rings is 1. The number of carbonyl (C=O) groups excluding carboxylic acids is 1. The molecule has 2 rings (SSSR count). The fourth-order valence-corrected chi connectivity index (χ4v) is 1.60. The third kappa shape index (κ3) is 2.12. The summed E-state index contributed by atoms with van der Waals surface area (Å²) in [4.78, 5) is 11.6. The lowest BCUT2D eigenvalue weighted by atomic mass is 10.2. The van der Waals surface area contributed by atoms with Crippen LogP contribution < -0.4 is 10.6 Å². The van der Waals surface area contributed by atoms with E-state index >= 15 is 0 Å². The van der Waals surface area contributed by atoms with Crippen molar-refractivity contribution >= 4 is 11.6 Å². The van der Waals surface area contributed by atoms with E-state index in [1.807, 2.05) is 18.2 Å². The van der Waals surface area contributed by atoms with Crippen LogP contribution in [0.2, 0.25) is 0 Å². The molecular weight excluding hydrogens is 176 g/mol. The van der Waals surface area contributed by atoms with Crippen molar-refractivity contribution in [3.8, 4) is 0 Å². The van der Waals surface area contributed by atoms with Crippen molar-refractivity contribution in [1.29, 1.82) is 0 Å². The summed E-state index contributed by atoms with van der Waals surface area (Å²) in [5.74, 6) is 0.0463. The van der Waals surface area contributed by atoms with Crippen molar-refractivity contribution in [3.05, 3.63) is 30.3 Å². The first-order chi connectivity index (χ1) is 6.86. The van der Waals surface area contributed by atoms with Gasteiger partial charge in [0.2, 0.25) is 5.91 Å². The number of anilines is 1. The molecule has 1 aromatic carbocycles. The van der Waals surface area contributed by atoms with E-state index in [0.29, 0.717) is 0 Å². The minimum Gasteiger partial charge on any atom is -0.324 e.